The van der Waals surface area contributed by atoms with Gasteiger partial charge >= 0.3 is 0 Å². The van der Waals surface area contributed by atoms with Crippen LogP contribution in [0.4, 0.5) is 0 Å². The van der Waals surface area contributed by atoms with Crippen LogP contribution in [-0.2, 0) is 16.6 Å². The smallest absolute Gasteiger partial charge is 0.252 e. The quantitative estimate of drug-likeness (QED) is 0.677. The number of piperazine rings is 1. The molecule has 0 spiro atoms. The Balaban J connectivity index is 1.45. The van der Waals surface area contributed by atoms with E-state index in [1.165, 1.54) is 9.87 Å². The maximum atomic E-state index is 12.7. The third-order valence-electron chi connectivity index (χ3n) is 4.76. The van der Waals surface area contributed by atoms with Gasteiger partial charge < -0.3 is 5.11 Å². The predicted molar refractivity (Wildman–Crippen MR) is 113 cm³/mol. The Morgan fingerprint density at radius 1 is 1.14 bits per heavy atom. The largest absolute Gasteiger partial charge is 0.390 e. The number of aliphatic hydroxyl groups excluding tert-OH is 1. The Morgan fingerprint density at radius 3 is 2.43 bits per heavy atom. The van der Waals surface area contributed by atoms with Gasteiger partial charge in [-0.3, -0.25) is 9.80 Å². The Labute approximate surface area is 176 Å². The number of halogens is 1. The summed E-state index contributed by atoms with van der Waals surface area (Å²) in [4.78, 5) is 4.22. The number of aliphatic hydroxyl groups is 1. The van der Waals surface area contributed by atoms with Crippen molar-refractivity contribution < 1.29 is 13.5 Å². The van der Waals surface area contributed by atoms with E-state index in [-0.39, 0.29) is 4.21 Å². The lowest BCUT2D eigenvalue weighted by molar-refractivity contribution is 0.0669. The fourth-order valence-corrected chi connectivity index (χ4v) is 6.45. The summed E-state index contributed by atoms with van der Waals surface area (Å²) in [5, 5.41) is 10.4. The van der Waals surface area contributed by atoms with Crippen LogP contribution in [-0.4, -0.2) is 80.0 Å². The lowest BCUT2D eigenvalue weighted by Gasteiger charge is -2.35. The molecule has 1 atom stereocenters. The second kappa shape index (κ2) is 9.67. The van der Waals surface area contributed by atoms with Gasteiger partial charge in [-0.2, -0.15) is 4.31 Å². The highest BCUT2D eigenvalue weighted by Gasteiger charge is 2.30. The molecule has 1 aliphatic rings. The minimum atomic E-state index is -3.48. The predicted octanol–water partition coefficient (Wildman–Crippen LogP) is 2.20. The fourth-order valence-electron chi connectivity index (χ4n) is 3.39. The van der Waals surface area contributed by atoms with E-state index in [1.54, 1.807) is 12.1 Å². The summed E-state index contributed by atoms with van der Waals surface area (Å²) in [6.07, 6.45) is -0.479. The van der Waals surface area contributed by atoms with E-state index in [9.17, 15) is 13.5 Å². The highest BCUT2D eigenvalue weighted by atomic mass is 35.5. The van der Waals surface area contributed by atoms with Crippen LogP contribution in [0.2, 0.25) is 4.34 Å². The Bertz CT molecular complexity index is 852. The van der Waals surface area contributed by atoms with Gasteiger partial charge in [0.1, 0.15) is 4.21 Å². The third-order valence-corrected chi connectivity index (χ3v) is 8.36. The van der Waals surface area contributed by atoms with Crippen molar-refractivity contribution in [2.75, 3.05) is 46.3 Å². The highest BCUT2D eigenvalue weighted by molar-refractivity contribution is 7.91. The summed E-state index contributed by atoms with van der Waals surface area (Å²) in [6, 6.07) is 13.3. The molecule has 1 fully saturated rings. The molecule has 1 N–H and O–H groups in total. The number of likely N-dealkylation sites (N-methyl/N-ethyl adjacent to an activating group) is 1. The molecule has 0 aliphatic carbocycles. The van der Waals surface area contributed by atoms with Gasteiger partial charge in [0.15, 0.2) is 0 Å². The van der Waals surface area contributed by atoms with Crippen LogP contribution < -0.4 is 0 Å². The van der Waals surface area contributed by atoms with Crippen molar-refractivity contribution in [3.05, 3.63) is 52.4 Å². The van der Waals surface area contributed by atoms with Crippen molar-refractivity contribution in [1.29, 1.82) is 0 Å². The van der Waals surface area contributed by atoms with Gasteiger partial charge in [0.2, 0.25) is 0 Å². The lowest BCUT2D eigenvalue weighted by atomic mass is 10.2. The first-order valence-electron chi connectivity index (χ1n) is 9.23. The average Bonchev–Trinajstić information content (AvgIpc) is 3.10. The Kier molecular flexibility index (Phi) is 7.49. The van der Waals surface area contributed by atoms with Gasteiger partial charge in [-0.1, -0.05) is 41.9 Å². The maximum absolute atomic E-state index is 12.7. The van der Waals surface area contributed by atoms with Crippen LogP contribution in [0.1, 0.15) is 5.56 Å². The van der Waals surface area contributed by atoms with Crippen molar-refractivity contribution in [3.8, 4) is 0 Å². The number of sulfonamides is 1. The number of β-amino-alcohol motifs (C(OH)–C–C–N with tert-alkyl or cyclic N) is 1. The number of nitrogens with zero attached hydrogens (tertiary/aromatic N) is 3. The summed E-state index contributed by atoms with van der Waals surface area (Å²) in [5.74, 6) is 0. The molecule has 1 aromatic heterocycles. The van der Waals surface area contributed by atoms with Gasteiger partial charge in [-0.15, -0.1) is 11.3 Å². The molecule has 28 heavy (non-hydrogen) atoms. The summed E-state index contributed by atoms with van der Waals surface area (Å²) in [5.41, 5.74) is 1.21. The van der Waals surface area contributed by atoms with Crippen LogP contribution in [0.5, 0.6) is 0 Å². The summed E-state index contributed by atoms with van der Waals surface area (Å²) in [6.45, 7) is 3.96. The van der Waals surface area contributed by atoms with Crippen LogP contribution >= 0.6 is 22.9 Å². The molecule has 1 aliphatic heterocycles. The maximum Gasteiger partial charge on any atom is 0.252 e. The van der Waals surface area contributed by atoms with Crippen LogP contribution in [0.25, 0.3) is 0 Å². The lowest BCUT2D eigenvalue weighted by Crippen LogP contribution is -2.51. The molecule has 1 saturated heterocycles. The van der Waals surface area contributed by atoms with E-state index in [0.717, 1.165) is 17.9 Å². The molecule has 0 radical (unpaired) electrons. The van der Waals surface area contributed by atoms with E-state index >= 15 is 0 Å². The SMILES string of the molecule is CN(Cc1ccccc1)CC(O)CN1CCN(S(=O)(=O)c2ccc(Cl)s2)CC1. The number of hydrogen-bond donors (Lipinski definition) is 1. The zero-order valence-corrected chi connectivity index (χ0v) is 18.3. The van der Waals surface area contributed by atoms with Gasteiger partial charge in [0, 0.05) is 45.8 Å². The fraction of sp³-hybridized carbons (Fsp3) is 0.474. The first-order valence-corrected chi connectivity index (χ1v) is 11.9. The van der Waals surface area contributed by atoms with E-state index in [2.05, 4.69) is 21.9 Å². The van der Waals surface area contributed by atoms with Crippen molar-refractivity contribution in [3.63, 3.8) is 0 Å². The van der Waals surface area contributed by atoms with Crippen LogP contribution in [0, 0.1) is 0 Å². The zero-order chi connectivity index (χ0) is 20.1. The number of rotatable bonds is 8. The van der Waals surface area contributed by atoms with E-state index in [4.69, 9.17) is 11.6 Å². The molecule has 154 valence electrons. The third kappa shape index (κ3) is 5.76. The minimum Gasteiger partial charge on any atom is -0.390 e. The first-order chi connectivity index (χ1) is 13.3. The van der Waals surface area contributed by atoms with E-state index < -0.39 is 16.1 Å². The molecule has 0 saturated carbocycles. The van der Waals surface area contributed by atoms with Crippen molar-refractivity contribution in [2.24, 2.45) is 0 Å². The molecular weight excluding hydrogens is 418 g/mol. The molecule has 3 rings (SSSR count). The molecule has 2 heterocycles. The van der Waals surface area contributed by atoms with Gasteiger partial charge in [0.25, 0.3) is 10.0 Å². The van der Waals surface area contributed by atoms with Crippen molar-refractivity contribution >= 4 is 33.0 Å². The molecule has 0 bridgehead atoms. The Morgan fingerprint density at radius 2 is 1.82 bits per heavy atom. The molecule has 1 unspecified atom stereocenters. The van der Waals surface area contributed by atoms with Gasteiger partial charge in [0.05, 0.1) is 10.4 Å². The average molecular weight is 444 g/mol. The highest BCUT2D eigenvalue weighted by Crippen LogP contribution is 2.28. The van der Waals surface area contributed by atoms with E-state index in [0.29, 0.717) is 43.6 Å². The second-order valence-corrected chi connectivity index (χ2v) is 11.0. The van der Waals surface area contributed by atoms with Gasteiger partial charge in [-0.05, 0) is 24.7 Å². The number of thiophene rings is 1. The van der Waals surface area contributed by atoms with Crippen molar-refractivity contribution in [2.45, 2.75) is 16.9 Å². The topological polar surface area (TPSA) is 64.1 Å². The van der Waals surface area contributed by atoms with Crippen LogP contribution in [0.15, 0.2) is 46.7 Å². The Hall–Kier alpha value is -1.000. The molecule has 6 nitrogen and oxygen atoms in total. The summed E-state index contributed by atoms with van der Waals surface area (Å²) < 4.78 is 27.6. The standard InChI is InChI=1S/C19H26ClN3O3S2/c1-21(13-16-5-3-2-4-6-16)14-17(24)15-22-9-11-23(12-10-22)28(25,26)19-8-7-18(20)27-19/h2-8,17,24H,9-15H2,1H3. The minimum absolute atomic E-state index is 0.286. The molecular formula is C19H26ClN3O3S2. The van der Waals surface area contributed by atoms with E-state index in [1.807, 2.05) is 25.2 Å². The summed E-state index contributed by atoms with van der Waals surface area (Å²) >= 11 is 6.96. The second-order valence-electron chi connectivity index (χ2n) is 7.10. The molecule has 9 heteroatoms. The van der Waals surface area contributed by atoms with Crippen molar-refractivity contribution in [1.82, 2.24) is 14.1 Å². The summed E-state index contributed by atoms with van der Waals surface area (Å²) in [7, 11) is -1.48. The first kappa shape index (κ1) is 21.7. The van der Waals surface area contributed by atoms with Crippen LogP contribution in [0.3, 0.4) is 0 Å². The molecule has 2 aromatic rings. The normalized spacial score (nSPS) is 17.9. The molecule has 0 amide bonds. The molecule has 1 aromatic carbocycles. The monoisotopic (exact) mass is 443 g/mol. The number of hydrogen-bond acceptors (Lipinski definition) is 6. The van der Waals surface area contributed by atoms with Gasteiger partial charge in [-0.25, -0.2) is 8.42 Å². The zero-order valence-electron chi connectivity index (χ0n) is 15.9. The number of benzene rings is 1.